The molecule has 0 radical (unpaired) electrons. The third-order valence-electron chi connectivity index (χ3n) is 3.79. The number of rotatable bonds is 4. The topological polar surface area (TPSA) is 28.2 Å². The Balaban J connectivity index is 1.67. The van der Waals surface area contributed by atoms with Crippen LogP contribution in [-0.2, 0) is 13.0 Å². The van der Waals surface area contributed by atoms with Gasteiger partial charge in [0, 0.05) is 36.8 Å². The summed E-state index contributed by atoms with van der Waals surface area (Å²) >= 11 is 1.78. The van der Waals surface area contributed by atoms with E-state index in [1.807, 2.05) is 0 Å². The van der Waals surface area contributed by atoms with Crippen LogP contribution in [0, 0.1) is 6.92 Å². The van der Waals surface area contributed by atoms with Gasteiger partial charge < -0.3 is 5.32 Å². The Labute approximate surface area is 124 Å². The number of piperazine rings is 1. The first-order chi connectivity index (χ1) is 9.81. The van der Waals surface area contributed by atoms with E-state index in [2.05, 4.69) is 57.8 Å². The molecular weight excluding hydrogens is 266 g/mol. The van der Waals surface area contributed by atoms with Crippen molar-refractivity contribution in [1.29, 1.82) is 0 Å². The molecule has 0 amide bonds. The lowest BCUT2D eigenvalue weighted by atomic mass is 10.0. The van der Waals surface area contributed by atoms with Crippen LogP contribution in [-0.4, -0.2) is 35.6 Å². The zero-order valence-electron chi connectivity index (χ0n) is 11.9. The zero-order valence-corrected chi connectivity index (χ0v) is 12.7. The molecule has 1 aromatic carbocycles. The van der Waals surface area contributed by atoms with E-state index in [9.17, 15) is 0 Å². The minimum atomic E-state index is 0.565. The summed E-state index contributed by atoms with van der Waals surface area (Å²) in [6, 6.07) is 11.3. The molecule has 1 N–H and O–H groups in total. The van der Waals surface area contributed by atoms with E-state index in [4.69, 9.17) is 0 Å². The molecule has 0 bridgehead atoms. The Hall–Kier alpha value is -1.23. The summed E-state index contributed by atoms with van der Waals surface area (Å²) in [6.45, 7) is 6.31. The summed E-state index contributed by atoms with van der Waals surface area (Å²) < 4.78 is 0. The molecule has 2 heterocycles. The Bertz CT molecular complexity index is 538. The fourth-order valence-electron chi connectivity index (χ4n) is 2.75. The molecule has 106 valence electrons. The fraction of sp³-hybridized carbons (Fsp3) is 0.438. The Kier molecular flexibility index (Phi) is 4.45. The van der Waals surface area contributed by atoms with E-state index in [1.54, 1.807) is 11.3 Å². The Morgan fingerprint density at radius 1 is 1.35 bits per heavy atom. The number of benzene rings is 1. The average molecular weight is 287 g/mol. The summed E-state index contributed by atoms with van der Waals surface area (Å²) in [4.78, 5) is 7.17. The molecular formula is C16H21N3S. The SMILES string of the molecule is Cc1csc(CN2CCNCC2Cc2ccccc2)n1. The van der Waals surface area contributed by atoms with E-state index in [-0.39, 0.29) is 0 Å². The smallest absolute Gasteiger partial charge is 0.107 e. The van der Waals surface area contributed by atoms with Crippen LogP contribution in [0.3, 0.4) is 0 Å². The molecule has 20 heavy (non-hydrogen) atoms. The standard InChI is InChI=1S/C16H21N3S/c1-13-12-20-16(18-13)11-19-8-7-17-10-15(19)9-14-5-3-2-4-6-14/h2-6,12,15,17H,7-11H2,1H3. The van der Waals surface area contributed by atoms with Crippen molar-refractivity contribution in [1.82, 2.24) is 15.2 Å². The van der Waals surface area contributed by atoms with E-state index in [0.29, 0.717) is 6.04 Å². The quantitative estimate of drug-likeness (QED) is 0.936. The monoisotopic (exact) mass is 287 g/mol. The second-order valence-electron chi connectivity index (χ2n) is 5.40. The zero-order chi connectivity index (χ0) is 13.8. The Morgan fingerprint density at radius 3 is 2.95 bits per heavy atom. The lowest BCUT2D eigenvalue weighted by molar-refractivity contribution is 0.152. The van der Waals surface area contributed by atoms with Gasteiger partial charge in [-0.3, -0.25) is 4.90 Å². The first-order valence-electron chi connectivity index (χ1n) is 7.21. The molecule has 0 aliphatic carbocycles. The fourth-order valence-corrected chi connectivity index (χ4v) is 3.54. The van der Waals surface area contributed by atoms with Crippen molar-refractivity contribution in [3.63, 3.8) is 0 Å². The first-order valence-corrected chi connectivity index (χ1v) is 8.09. The van der Waals surface area contributed by atoms with Gasteiger partial charge in [-0.2, -0.15) is 0 Å². The van der Waals surface area contributed by atoms with Gasteiger partial charge >= 0.3 is 0 Å². The maximum Gasteiger partial charge on any atom is 0.107 e. The van der Waals surface area contributed by atoms with Crippen LogP contribution < -0.4 is 5.32 Å². The summed E-state index contributed by atoms with van der Waals surface area (Å²) in [5.74, 6) is 0. The van der Waals surface area contributed by atoms with Crippen molar-refractivity contribution in [3.05, 3.63) is 52.0 Å². The number of hydrogen-bond donors (Lipinski definition) is 1. The maximum absolute atomic E-state index is 4.60. The normalized spacial score (nSPS) is 20.1. The van der Waals surface area contributed by atoms with E-state index < -0.39 is 0 Å². The van der Waals surface area contributed by atoms with Crippen LogP contribution in [0.1, 0.15) is 16.3 Å². The number of thiazole rings is 1. The molecule has 1 aromatic heterocycles. The third kappa shape index (κ3) is 3.45. The average Bonchev–Trinajstić information content (AvgIpc) is 2.88. The Morgan fingerprint density at radius 2 is 2.20 bits per heavy atom. The van der Waals surface area contributed by atoms with Crippen molar-refractivity contribution >= 4 is 11.3 Å². The second kappa shape index (κ2) is 6.48. The van der Waals surface area contributed by atoms with Gasteiger partial charge in [-0.1, -0.05) is 30.3 Å². The lowest BCUT2D eigenvalue weighted by Gasteiger charge is -2.35. The predicted octanol–water partition coefficient (Wildman–Crippen LogP) is 2.47. The molecule has 1 unspecified atom stereocenters. The number of hydrogen-bond acceptors (Lipinski definition) is 4. The molecule has 1 fully saturated rings. The largest absolute Gasteiger partial charge is 0.314 e. The van der Waals surface area contributed by atoms with Crippen LogP contribution in [0.25, 0.3) is 0 Å². The van der Waals surface area contributed by atoms with Crippen molar-refractivity contribution in [2.75, 3.05) is 19.6 Å². The van der Waals surface area contributed by atoms with Gasteiger partial charge in [0.1, 0.15) is 5.01 Å². The van der Waals surface area contributed by atoms with Gasteiger partial charge in [0.2, 0.25) is 0 Å². The number of aromatic nitrogens is 1. The first kappa shape index (κ1) is 13.7. The number of nitrogens with one attached hydrogen (secondary N) is 1. The minimum Gasteiger partial charge on any atom is -0.314 e. The second-order valence-corrected chi connectivity index (χ2v) is 6.34. The highest BCUT2D eigenvalue weighted by Crippen LogP contribution is 2.17. The summed E-state index contributed by atoms with van der Waals surface area (Å²) in [7, 11) is 0. The molecule has 3 nitrogen and oxygen atoms in total. The van der Waals surface area contributed by atoms with Crippen LogP contribution in [0.15, 0.2) is 35.7 Å². The highest BCUT2D eigenvalue weighted by molar-refractivity contribution is 7.09. The summed E-state index contributed by atoms with van der Waals surface area (Å²) in [5.41, 5.74) is 2.56. The lowest BCUT2D eigenvalue weighted by Crippen LogP contribution is -2.51. The molecule has 1 atom stereocenters. The molecule has 2 aromatic rings. The summed E-state index contributed by atoms with van der Waals surface area (Å²) in [6.07, 6.45) is 1.11. The number of aryl methyl sites for hydroxylation is 1. The predicted molar refractivity (Wildman–Crippen MR) is 84.1 cm³/mol. The van der Waals surface area contributed by atoms with Gasteiger partial charge in [0.05, 0.1) is 6.54 Å². The molecule has 4 heteroatoms. The third-order valence-corrected chi connectivity index (χ3v) is 4.74. The highest BCUT2D eigenvalue weighted by Gasteiger charge is 2.23. The number of nitrogens with zero attached hydrogens (tertiary/aromatic N) is 2. The van der Waals surface area contributed by atoms with Crippen molar-refractivity contribution in [2.24, 2.45) is 0 Å². The van der Waals surface area contributed by atoms with E-state index in [1.165, 1.54) is 10.6 Å². The molecule has 1 saturated heterocycles. The molecule has 3 rings (SSSR count). The van der Waals surface area contributed by atoms with Crippen molar-refractivity contribution in [2.45, 2.75) is 25.9 Å². The maximum atomic E-state index is 4.60. The van der Waals surface area contributed by atoms with Gasteiger partial charge in [-0.15, -0.1) is 11.3 Å². The van der Waals surface area contributed by atoms with E-state index in [0.717, 1.165) is 38.3 Å². The summed E-state index contributed by atoms with van der Waals surface area (Å²) in [5, 5.41) is 6.90. The molecule has 1 aliphatic rings. The minimum absolute atomic E-state index is 0.565. The van der Waals surface area contributed by atoms with Crippen molar-refractivity contribution in [3.8, 4) is 0 Å². The molecule has 0 saturated carbocycles. The van der Waals surface area contributed by atoms with Gasteiger partial charge in [0.15, 0.2) is 0 Å². The van der Waals surface area contributed by atoms with Gasteiger partial charge in [-0.05, 0) is 18.9 Å². The van der Waals surface area contributed by atoms with Crippen molar-refractivity contribution < 1.29 is 0 Å². The molecule has 0 spiro atoms. The van der Waals surface area contributed by atoms with Gasteiger partial charge in [-0.25, -0.2) is 4.98 Å². The van der Waals surface area contributed by atoms with Gasteiger partial charge in [0.25, 0.3) is 0 Å². The van der Waals surface area contributed by atoms with Crippen LogP contribution >= 0.6 is 11.3 Å². The highest BCUT2D eigenvalue weighted by atomic mass is 32.1. The molecule has 1 aliphatic heterocycles. The van der Waals surface area contributed by atoms with E-state index >= 15 is 0 Å². The van der Waals surface area contributed by atoms with Crippen LogP contribution in [0.4, 0.5) is 0 Å². The van der Waals surface area contributed by atoms with Crippen LogP contribution in [0.2, 0.25) is 0 Å². The van der Waals surface area contributed by atoms with Crippen LogP contribution in [0.5, 0.6) is 0 Å².